The van der Waals surface area contributed by atoms with Crippen molar-refractivity contribution in [2.45, 2.75) is 0 Å². The van der Waals surface area contributed by atoms with E-state index in [2.05, 4.69) is 29.2 Å². The van der Waals surface area contributed by atoms with Crippen LogP contribution >= 0.6 is 22.6 Å². The van der Waals surface area contributed by atoms with Crippen LogP contribution in [-0.2, 0) is 0 Å². The Bertz CT molecular complexity index is 55.0. The van der Waals surface area contributed by atoms with Gasteiger partial charge in [0.1, 0.15) is 0 Å². The first-order valence-electron chi connectivity index (χ1n) is 1.75. The van der Waals surface area contributed by atoms with Crippen molar-refractivity contribution in [3.63, 3.8) is 0 Å². The molecular formula is C5H7I. The lowest BCUT2D eigenvalue weighted by atomic mass is 10.5. The fourth-order valence-corrected chi connectivity index (χ4v) is 0.441. The summed E-state index contributed by atoms with van der Waals surface area (Å²) in [6.45, 7) is 3.51. The summed E-state index contributed by atoms with van der Waals surface area (Å²) in [6.07, 6.45) is 5.76. The van der Waals surface area contributed by atoms with E-state index in [4.69, 9.17) is 0 Å². The van der Waals surface area contributed by atoms with Gasteiger partial charge < -0.3 is 0 Å². The SMILES string of the molecule is C=CC=CCI. The molecule has 0 aliphatic carbocycles. The Morgan fingerprint density at radius 3 is 2.50 bits per heavy atom. The molecule has 0 aromatic rings. The van der Waals surface area contributed by atoms with Gasteiger partial charge in [-0.2, -0.15) is 0 Å². The summed E-state index contributed by atoms with van der Waals surface area (Å²) in [5.41, 5.74) is 0. The van der Waals surface area contributed by atoms with Gasteiger partial charge in [0, 0.05) is 4.43 Å². The molecule has 34 valence electrons. The van der Waals surface area contributed by atoms with Crippen molar-refractivity contribution >= 4 is 22.6 Å². The third-order valence-electron chi connectivity index (χ3n) is 0.361. The van der Waals surface area contributed by atoms with Crippen LogP contribution in [0.1, 0.15) is 0 Å². The van der Waals surface area contributed by atoms with Crippen LogP contribution in [0.3, 0.4) is 0 Å². The number of alkyl halides is 1. The normalized spacial score (nSPS) is 9.50. The molecule has 1 heteroatoms. The van der Waals surface area contributed by atoms with Crippen molar-refractivity contribution in [2.24, 2.45) is 0 Å². The Morgan fingerprint density at radius 2 is 2.33 bits per heavy atom. The van der Waals surface area contributed by atoms with Gasteiger partial charge in [0.2, 0.25) is 0 Å². The van der Waals surface area contributed by atoms with Crippen molar-refractivity contribution in [1.82, 2.24) is 0 Å². The summed E-state index contributed by atoms with van der Waals surface area (Å²) in [5, 5.41) is 0. The number of rotatable bonds is 2. The molecule has 0 saturated heterocycles. The van der Waals surface area contributed by atoms with E-state index in [1.807, 2.05) is 12.2 Å². The third kappa shape index (κ3) is 4.21. The predicted octanol–water partition coefficient (Wildman–Crippen LogP) is 2.16. The van der Waals surface area contributed by atoms with Crippen LogP contribution in [0.5, 0.6) is 0 Å². The number of allylic oxidation sites excluding steroid dienone is 3. The lowest BCUT2D eigenvalue weighted by Crippen LogP contribution is -1.51. The highest BCUT2D eigenvalue weighted by molar-refractivity contribution is 14.1. The van der Waals surface area contributed by atoms with Gasteiger partial charge in [-0.25, -0.2) is 0 Å². The maximum atomic E-state index is 3.51. The van der Waals surface area contributed by atoms with E-state index in [9.17, 15) is 0 Å². The van der Waals surface area contributed by atoms with Crippen LogP contribution in [0.25, 0.3) is 0 Å². The number of hydrogen-bond donors (Lipinski definition) is 0. The Labute approximate surface area is 52.1 Å². The molecule has 0 amide bonds. The van der Waals surface area contributed by atoms with Gasteiger partial charge in [-0.1, -0.05) is 47.4 Å². The van der Waals surface area contributed by atoms with E-state index >= 15 is 0 Å². The van der Waals surface area contributed by atoms with Crippen molar-refractivity contribution in [3.8, 4) is 0 Å². The molecule has 6 heavy (non-hydrogen) atoms. The quantitative estimate of drug-likeness (QED) is 0.359. The zero-order valence-electron chi connectivity index (χ0n) is 3.52. The van der Waals surface area contributed by atoms with Gasteiger partial charge in [-0.3, -0.25) is 0 Å². The molecule has 0 bridgehead atoms. The van der Waals surface area contributed by atoms with Crippen molar-refractivity contribution < 1.29 is 0 Å². The molecular weight excluding hydrogens is 187 g/mol. The standard InChI is InChI=1S/C5H7I/c1-2-3-4-5-6/h2-4H,1,5H2. The molecule has 0 aromatic heterocycles. The van der Waals surface area contributed by atoms with Crippen molar-refractivity contribution in [3.05, 3.63) is 24.8 Å². The Kier molecular flexibility index (Phi) is 5.39. The molecule has 0 N–H and O–H groups in total. The lowest BCUT2D eigenvalue weighted by molar-refractivity contribution is 1.82. The van der Waals surface area contributed by atoms with Gasteiger partial charge in [0.05, 0.1) is 0 Å². The molecule has 0 aliphatic heterocycles. The Morgan fingerprint density at radius 1 is 1.67 bits per heavy atom. The van der Waals surface area contributed by atoms with E-state index in [0.717, 1.165) is 4.43 Å². The monoisotopic (exact) mass is 194 g/mol. The van der Waals surface area contributed by atoms with E-state index < -0.39 is 0 Å². The number of hydrogen-bond acceptors (Lipinski definition) is 0. The summed E-state index contributed by atoms with van der Waals surface area (Å²) >= 11 is 2.28. The van der Waals surface area contributed by atoms with Crippen LogP contribution in [0, 0.1) is 0 Å². The molecule has 0 heterocycles. The first-order chi connectivity index (χ1) is 2.91. The minimum absolute atomic E-state index is 1.07. The maximum Gasteiger partial charge on any atom is 0.0178 e. The fourth-order valence-electron chi connectivity index (χ4n) is 0.148. The fraction of sp³-hybridized carbons (Fsp3) is 0.200. The van der Waals surface area contributed by atoms with E-state index in [-0.39, 0.29) is 0 Å². The smallest absolute Gasteiger partial charge is 0.0178 e. The highest BCUT2D eigenvalue weighted by Gasteiger charge is 1.57. The molecule has 0 saturated carbocycles. The summed E-state index contributed by atoms with van der Waals surface area (Å²) in [7, 11) is 0. The summed E-state index contributed by atoms with van der Waals surface area (Å²) in [4.78, 5) is 0. The van der Waals surface area contributed by atoms with Crippen molar-refractivity contribution in [2.75, 3.05) is 4.43 Å². The van der Waals surface area contributed by atoms with Crippen LogP contribution in [0.2, 0.25) is 0 Å². The molecule has 0 aromatic carbocycles. The van der Waals surface area contributed by atoms with Crippen LogP contribution in [0.15, 0.2) is 24.8 Å². The van der Waals surface area contributed by atoms with Crippen molar-refractivity contribution in [1.29, 1.82) is 0 Å². The minimum Gasteiger partial charge on any atom is -0.0991 e. The van der Waals surface area contributed by atoms with Gasteiger partial charge in [-0.05, 0) is 0 Å². The molecule has 0 fully saturated rings. The third-order valence-corrected chi connectivity index (χ3v) is 0.870. The molecule has 0 spiro atoms. The largest absolute Gasteiger partial charge is 0.0991 e. The van der Waals surface area contributed by atoms with E-state index in [0.29, 0.717) is 0 Å². The topological polar surface area (TPSA) is 0 Å². The highest BCUT2D eigenvalue weighted by Crippen LogP contribution is 1.80. The van der Waals surface area contributed by atoms with E-state index in [1.54, 1.807) is 6.08 Å². The summed E-state index contributed by atoms with van der Waals surface area (Å²) in [6, 6.07) is 0. The van der Waals surface area contributed by atoms with Gasteiger partial charge in [-0.15, -0.1) is 0 Å². The Balaban J connectivity index is 2.94. The Hall–Kier alpha value is 0.210. The molecule has 0 radical (unpaired) electrons. The van der Waals surface area contributed by atoms with Crippen LogP contribution in [-0.4, -0.2) is 4.43 Å². The first-order valence-corrected chi connectivity index (χ1v) is 3.28. The molecule has 0 aliphatic rings. The van der Waals surface area contributed by atoms with Crippen LogP contribution in [0.4, 0.5) is 0 Å². The molecule has 0 rings (SSSR count). The molecule has 0 unspecified atom stereocenters. The summed E-state index contributed by atoms with van der Waals surface area (Å²) < 4.78 is 1.07. The molecule has 0 nitrogen and oxygen atoms in total. The second kappa shape index (κ2) is 5.21. The average Bonchev–Trinajstić information content (AvgIpc) is 1.61. The molecule has 0 atom stereocenters. The second-order valence-electron chi connectivity index (χ2n) is 0.818. The second-order valence-corrected chi connectivity index (χ2v) is 1.70. The highest BCUT2D eigenvalue weighted by atomic mass is 127. The summed E-state index contributed by atoms with van der Waals surface area (Å²) in [5.74, 6) is 0. The van der Waals surface area contributed by atoms with Gasteiger partial charge in [0.15, 0.2) is 0 Å². The predicted molar refractivity (Wildman–Crippen MR) is 38.2 cm³/mol. The van der Waals surface area contributed by atoms with Crippen LogP contribution < -0.4 is 0 Å². The zero-order chi connectivity index (χ0) is 4.83. The maximum absolute atomic E-state index is 3.51. The van der Waals surface area contributed by atoms with Gasteiger partial charge in [0.25, 0.3) is 0 Å². The lowest BCUT2D eigenvalue weighted by Gasteiger charge is -1.66. The minimum atomic E-state index is 1.07. The van der Waals surface area contributed by atoms with E-state index in [1.165, 1.54) is 0 Å². The average molecular weight is 194 g/mol. The first kappa shape index (κ1) is 6.21. The zero-order valence-corrected chi connectivity index (χ0v) is 5.68. The number of halogens is 1. The van der Waals surface area contributed by atoms with Gasteiger partial charge >= 0.3 is 0 Å².